The van der Waals surface area contributed by atoms with Gasteiger partial charge in [-0.2, -0.15) is 0 Å². The number of anilines is 1. The smallest absolute Gasteiger partial charge is 0.340 e. The van der Waals surface area contributed by atoms with Crippen LogP contribution in [-0.4, -0.2) is 18.5 Å². The Balaban J connectivity index is 1.61. The summed E-state index contributed by atoms with van der Waals surface area (Å²) >= 11 is 0. The molecular weight excluding hydrogens is 414 g/mol. The van der Waals surface area contributed by atoms with Gasteiger partial charge in [-0.3, -0.25) is 9.69 Å². The molecule has 0 bridgehead atoms. The minimum atomic E-state index is -0.504. The molecule has 3 aromatic rings. The molecule has 33 heavy (non-hydrogen) atoms. The highest BCUT2D eigenvalue weighted by atomic mass is 16.5. The molecule has 0 aliphatic carbocycles. The van der Waals surface area contributed by atoms with Gasteiger partial charge in [0.1, 0.15) is 12.4 Å². The van der Waals surface area contributed by atoms with Crippen molar-refractivity contribution in [1.29, 1.82) is 0 Å². The standard InChI is InChI=1S/C28H25NO4/c1-3-32-28(31)26-20(2)29(23-12-8-5-9-13-23)27(30)25(26)18-21-14-16-24(17-15-21)33-19-22-10-6-4-7-11-22/h4-18H,3,19H2,1-2H3/b25-18-. The fourth-order valence-electron chi connectivity index (χ4n) is 3.74. The van der Waals surface area contributed by atoms with E-state index in [1.165, 1.54) is 0 Å². The van der Waals surface area contributed by atoms with Crippen LogP contribution in [0.4, 0.5) is 5.69 Å². The summed E-state index contributed by atoms with van der Waals surface area (Å²) in [5.74, 6) is -0.0380. The van der Waals surface area contributed by atoms with Crippen molar-refractivity contribution in [2.45, 2.75) is 20.5 Å². The van der Waals surface area contributed by atoms with Crippen molar-refractivity contribution in [2.75, 3.05) is 11.5 Å². The average molecular weight is 440 g/mol. The van der Waals surface area contributed by atoms with Gasteiger partial charge in [0, 0.05) is 11.4 Å². The normalized spacial score (nSPS) is 14.7. The maximum atomic E-state index is 13.3. The molecule has 1 heterocycles. The first-order valence-electron chi connectivity index (χ1n) is 10.8. The first-order chi connectivity index (χ1) is 16.1. The van der Waals surface area contributed by atoms with Crippen molar-refractivity contribution in [1.82, 2.24) is 0 Å². The second kappa shape index (κ2) is 10.0. The number of amides is 1. The fourth-order valence-corrected chi connectivity index (χ4v) is 3.74. The molecule has 4 rings (SSSR count). The molecule has 0 radical (unpaired) electrons. The van der Waals surface area contributed by atoms with Gasteiger partial charge in [0.2, 0.25) is 0 Å². The Labute approximate surface area is 193 Å². The number of hydrogen-bond donors (Lipinski definition) is 0. The van der Waals surface area contributed by atoms with E-state index in [4.69, 9.17) is 9.47 Å². The van der Waals surface area contributed by atoms with Crippen LogP contribution in [0.3, 0.4) is 0 Å². The van der Waals surface area contributed by atoms with E-state index >= 15 is 0 Å². The number of rotatable bonds is 7. The van der Waals surface area contributed by atoms with E-state index in [0.29, 0.717) is 23.6 Å². The lowest BCUT2D eigenvalue weighted by molar-refractivity contribution is -0.138. The van der Waals surface area contributed by atoms with Gasteiger partial charge in [-0.25, -0.2) is 4.79 Å². The zero-order valence-electron chi connectivity index (χ0n) is 18.7. The lowest BCUT2D eigenvalue weighted by Gasteiger charge is -2.17. The highest BCUT2D eigenvalue weighted by Crippen LogP contribution is 2.35. The summed E-state index contributed by atoms with van der Waals surface area (Å²) in [5, 5.41) is 0. The lowest BCUT2D eigenvalue weighted by Crippen LogP contribution is -2.24. The van der Waals surface area contributed by atoms with E-state index in [1.54, 1.807) is 24.8 Å². The first kappa shape index (κ1) is 22.1. The van der Waals surface area contributed by atoms with Crippen molar-refractivity contribution >= 4 is 23.6 Å². The summed E-state index contributed by atoms with van der Waals surface area (Å²) < 4.78 is 11.1. The van der Waals surface area contributed by atoms with E-state index in [-0.39, 0.29) is 18.1 Å². The van der Waals surface area contributed by atoms with Crippen molar-refractivity contribution in [3.05, 3.63) is 113 Å². The maximum absolute atomic E-state index is 13.3. The highest BCUT2D eigenvalue weighted by Gasteiger charge is 2.37. The van der Waals surface area contributed by atoms with Gasteiger partial charge in [0.05, 0.1) is 17.8 Å². The Morgan fingerprint density at radius 2 is 1.55 bits per heavy atom. The second-order valence-electron chi connectivity index (χ2n) is 7.56. The van der Waals surface area contributed by atoms with Crippen LogP contribution in [0.5, 0.6) is 5.75 Å². The van der Waals surface area contributed by atoms with Crippen LogP contribution in [0, 0.1) is 0 Å². The first-order valence-corrected chi connectivity index (χ1v) is 10.8. The van der Waals surface area contributed by atoms with Gasteiger partial charge >= 0.3 is 5.97 Å². The third-order valence-corrected chi connectivity index (χ3v) is 5.33. The van der Waals surface area contributed by atoms with Gasteiger partial charge in [-0.15, -0.1) is 0 Å². The number of carbonyl (C=O) groups is 2. The quantitative estimate of drug-likeness (QED) is 0.359. The molecule has 0 saturated carbocycles. The van der Waals surface area contributed by atoms with Gasteiger partial charge in [0.25, 0.3) is 5.91 Å². The molecule has 5 nitrogen and oxygen atoms in total. The van der Waals surface area contributed by atoms with E-state index in [2.05, 4.69) is 0 Å². The molecule has 0 aromatic heterocycles. The predicted octanol–water partition coefficient (Wildman–Crippen LogP) is 5.53. The summed E-state index contributed by atoms with van der Waals surface area (Å²) in [4.78, 5) is 27.6. The van der Waals surface area contributed by atoms with Gasteiger partial charge in [0.15, 0.2) is 0 Å². The molecule has 0 N–H and O–H groups in total. The van der Waals surface area contributed by atoms with E-state index in [0.717, 1.165) is 16.9 Å². The van der Waals surface area contributed by atoms with Crippen LogP contribution in [0.15, 0.2) is 102 Å². The molecule has 0 unspecified atom stereocenters. The number of carbonyl (C=O) groups excluding carboxylic acids is 2. The summed E-state index contributed by atoms with van der Waals surface area (Å²) in [5.41, 5.74) is 3.73. The van der Waals surface area contributed by atoms with Crippen molar-refractivity contribution in [2.24, 2.45) is 0 Å². The van der Waals surface area contributed by atoms with Crippen LogP contribution in [-0.2, 0) is 20.9 Å². The lowest BCUT2D eigenvalue weighted by atomic mass is 10.0. The Morgan fingerprint density at radius 1 is 0.909 bits per heavy atom. The zero-order chi connectivity index (χ0) is 23.2. The molecule has 0 saturated heterocycles. The maximum Gasteiger partial charge on any atom is 0.340 e. The molecular formula is C28H25NO4. The minimum absolute atomic E-state index is 0.232. The van der Waals surface area contributed by atoms with E-state index < -0.39 is 5.97 Å². The number of hydrogen-bond acceptors (Lipinski definition) is 4. The molecule has 3 aromatic carbocycles. The van der Waals surface area contributed by atoms with Crippen molar-refractivity contribution in [3.63, 3.8) is 0 Å². The Bertz CT molecular complexity index is 1200. The third-order valence-electron chi connectivity index (χ3n) is 5.33. The Hall–Kier alpha value is -4.12. The summed E-state index contributed by atoms with van der Waals surface area (Å²) in [6.07, 6.45) is 1.72. The van der Waals surface area contributed by atoms with E-state index in [9.17, 15) is 9.59 Å². The number of ether oxygens (including phenoxy) is 2. The predicted molar refractivity (Wildman–Crippen MR) is 128 cm³/mol. The molecule has 1 aliphatic heterocycles. The van der Waals surface area contributed by atoms with Crippen LogP contribution >= 0.6 is 0 Å². The molecule has 5 heteroatoms. The number of esters is 1. The SMILES string of the molecule is CCOC(=O)C1=C(C)N(c2ccccc2)C(=O)/C1=C\c1ccc(OCc2ccccc2)cc1. The fraction of sp³-hybridized carbons (Fsp3) is 0.143. The summed E-state index contributed by atoms with van der Waals surface area (Å²) in [6.45, 7) is 4.21. The molecule has 0 spiro atoms. The molecule has 1 aliphatic rings. The van der Waals surface area contributed by atoms with Crippen LogP contribution < -0.4 is 9.64 Å². The molecule has 166 valence electrons. The summed E-state index contributed by atoms with van der Waals surface area (Å²) in [6, 6.07) is 26.6. The number of allylic oxidation sites excluding steroid dienone is 1. The summed E-state index contributed by atoms with van der Waals surface area (Å²) in [7, 11) is 0. The van der Waals surface area contributed by atoms with Gasteiger partial charge in [-0.05, 0) is 55.3 Å². The van der Waals surface area contributed by atoms with Crippen LogP contribution in [0.2, 0.25) is 0 Å². The number of benzene rings is 3. The second-order valence-corrected chi connectivity index (χ2v) is 7.56. The van der Waals surface area contributed by atoms with Crippen LogP contribution in [0.1, 0.15) is 25.0 Å². The Morgan fingerprint density at radius 3 is 2.18 bits per heavy atom. The van der Waals surface area contributed by atoms with Gasteiger partial charge in [-0.1, -0.05) is 60.7 Å². The number of nitrogens with zero attached hydrogens (tertiary/aromatic N) is 1. The van der Waals surface area contributed by atoms with Gasteiger partial charge < -0.3 is 9.47 Å². The number of para-hydroxylation sites is 1. The monoisotopic (exact) mass is 439 g/mol. The zero-order valence-corrected chi connectivity index (χ0v) is 18.7. The molecule has 0 fully saturated rings. The van der Waals surface area contributed by atoms with E-state index in [1.807, 2.05) is 84.9 Å². The third kappa shape index (κ3) is 4.88. The largest absolute Gasteiger partial charge is 0.489 e. The average Bonchev–Trinajstić information content (AvgIpc) is 3.09. The molecule has 0 atom stereocenters. The van der Waals surface area contributed by atoms with Crippen molar-refractivity contribution in [3.8, 4) is 5.75 Å². The Kier molecular flexibility index (Phi) is 6.69. The minimum Gasteiger partial charge on any atom is -0.489 e. The molecule has 1 amide bonds. The van der Waals surface area contributed by atoms with Crippen LogP contribution in [0.25, 0.3) is 6.08 Å². The van der Waals surface area contributed by atoms with Crippen molar-refractivity contribution < 1.29 is 19.1 Å². The topological polar surface area (TPSA) is 55.8 Å². The highest BCUT2D eigenvalue weighted by molar-refractivity contribution is 6.23.